The van der Waals surface area contributed by atoms with Gasteiger partial charge in [-0.1, -0.05) is 18.5 Å². The van der Waals surface area contributed by atoms with Gasteiger partial charge in [-0.15, -0.1) is 0 Å². The van der Waals surface area contributed by atoms with E-state index in [4.69, 9.17) is 11.6 Å². The Hall–Kier alpha value is -2.87. The zero-order valence-corrected chi connectivity index (χ0v) is 15.2. The molecule has 0 radical (unpaired) electrons. The SMILES string of the molecule is CC[C@@H](C)NC(=O)c1cn(-c2ncc(F)cc2F)c2nc(Cl)ccc2c1=O. The van der Waals surface area contributed by atoms with Crippen molar-refractivity contribution in [2.45, 2.75) is 26.3 Å². The largest absolute Gasteiger partial charge is 0.349 e. The Morgan fingerprint density at radius 2 is 2.11 bits per heavy atom. The van der Waals surface area contributed by atoms with Crippen molar-refractivity contribution in [1.29, 1.82) is 0 Å². The Bertz CT molecular complexity index is 1100. The maximum atomic E-state index is 14.3. The normalized spacial score (nSPS) is 12.2. The van der Waals surface area contributed by atoms with E-state index >= 15 is 0 Å². The van der Waals surface area contributed by atoms with Crippen LogP contribution >= 0.6 is 11.6 Å². The molecule has 0 bridgehead atoms. The first kappa shape index (κ1) is 18.9. The van der Waals surface area contributed by atoms with Gasteiger partial charge in [0.1, 0.15) is 16.5 Å². The number of fused-ring (bicyclic) bond motifs is 1. The third kappa shape index (κ3) is 3.66. The van der Waals surface area contributed by atoms with E-state index in [-0.39, 0.29) is 33.6 Å². The minimum Gasteiger partial charge on any atom is -0.349 e. The molecule has 9 heteroatoms. The minimum absolute atomic E-state index is 0.00518. The van der Waals surface area contributed by atoms with Crippen LogP contribution in [0, 0.1) is 11.6 Å². The van der Waals surface area contributed by atoms with E-state index in [1.165, 1.54) is 12.1 Å². The fourth-order valence-corrected chi connectivity index (χ4v) is 2.63. The summed E-state index contributed by atoms with van der Waals surface area (Å²) in [6.45, 7) is 3.67. The molecular weight excluding hydrogens is 378 g/mol. The molecule has 140 valence electrons. The van der Waals surface area contributed by atoms with E-state index in [9.17, 15) is 18.4 Å². The van der Waals surface area contributed by atoms with Gasteiger partial charge < -0.3 is 5.32 Å². The molecule has 0 saturated heterocycles. The number of halogens is 3. The number of rotatable bonds is 4. The molecule has 0 spiro atoms. The molecule has 0 aliphatic carbocycles. The predicted octanol–water partition coefficient (Wildman–Crippen LogP) is 3.24. The average Bonchev–Trinajstić information content (AvgIpc) is 2.62. The van der Waals surface area contributed by atoms with Crippen LogP contribution in [0.4, 0.5) is 8.78 Å². The quantitative estimate of drug-likeness (QED) is 0.691. The number of aromatic nitrogens is 3. The monoisotopic (exact) mass is 392 g/mol. The van der Waals surface area contributed by atoms with Gasteiger partial charge in [0.05, 0.1) is 11.6 Å². The Labute approximate surface area is 157 Å². The molecule has 3 heterocycles. The average molecular weight is 393 g/mol. The van der Waals surface area contributed by atoms with Gasteiger partial charge in [0.25, 0.3) is 5.91 Å². The van der Waals surface area contributed by atoms with Gasteiger partial charge in [-0.25, -0.2) is 18.7 Å². The fourth-order valence-electron chi connectivity index (χ4n) is 2.49. The zero-order valence-electron chi connectivity index (χ0n) is 14.5. The van der Waals surface area contributed by atoms with Crippen LogP contribution in [0.3, 0.4) is 0 Å². The van der Waals surface area contributed by atoms with E-state index < -0.39 is 23.0 Å². The molecule has 0 saturated carbocycles. The highest BCUT2D eigenvalue weighted by Gasteiger charge is 2.20. The van der Waals surface area contributed by atoms with E-state index in [1.807, 2.05) is 6.92 Å². The first-order valence-corrected chi connectivity index (χ1v) is 8.53. The Morgan fingerprint density at radius 3 is 2.78 bits per heavy atom. The third-order valence-corrected chi connectivity index (χ3v) is 4.28. The molecule has 1 amide bonds. The summed E-state index contributed by atoms with van der Waals surface area (Å²) in [7, 11) is 0. The van der Waals surface area contributed by atoms with Gasteiger partial charge >= 0.3 is 0 Å². The Balaban J connectivity index is 2.31. The second kappa shape index (κ2) is 7.40. The van der Waals surface area contributed by atoms with Gasteiger partial charge in [0, 0.05) is 18.3 Å². The lowest BCUT2D eigenvalue weighted by atomic mass is 10.1. The number of nitrogens with one attached hydrogen (secondary N) is 1. The van der Waals surface area contributed by atoms with E-state index in [0.29, 0.717) is 12.5 Å². The number of hydrogen-bond acceptors (Lipinski definition) is 4. The highest BCUT2D eigenvalue weighted by molar-refractivity contribution is 6.29. The summed E-state index contributed by atoms with van der Waals surface area (Å²) in [6.07, 6.45) is 2.62. The number of carbonyl (C=O) groups is 1. The lowest BCUT2D eigenvalue weighted by Crippen LogP contribution is -2.35. The van der Waals surface area contributed by atoms with Crippen LogP contribution in [0.15, 0.2) is 35.4 Å². The lowest BCUT2D eigenvalue weighted by Gasteiger charge is -2.15. The molecule has 27 heavy (non-hydrogen) atoms. The maximum absolute atomic E-state index is 14.3. The van der Waals surface area contributed by atoms with E-state index in [2.05, 4.69) is 15.3 Å². The van der Waals surface area contributed by atoms with Crippen LogP contribution in [0.5, 0.6) is 0 Å². The topological polar surface area (TPSA) is 76.9 Å². The number of hydrogen-bond donors (Lipinski definition) is 1. The summed E-state index contributed by atoms with van der Waals surface area (Å²) in [5, 5.41) is 2.81. The van der Waals surface area contributed by atoms with Crippen molar-refractivity contribution < 1.29 is 13.6 Å². The van der Waals surface area contributed by atoms with E-state index in [1.54, 1.807) is 6.92 Å². The van der Waals surface area contributed by atoms with Gasteiger partial charge in [0.15, 0.2) is 17.3 Å². The van der Waals surface area contributed by atoms with Crippen molar-refractivity contribution in [3.8, 4) is 5.82 Å². The van der Waals surface area contributed by atoms with Crippen LogP contribution in [0.2, 0.25) is 5.15 Å². The molecule has 1 atom stereocenters. The predicted molar refractivity (Wildman–Crippen MR) is 97.3 cm³/mol. The van der Waals surface area contributed by atoms with Crippen molar-refractivity contribution in [1.82, 2.24) is 19.9 Å². The van der Waals surface area contributed by atoms with Gasteiger partial charge in [-0.2, -0.15) is 0 Å². The minimum atomic E-state index is -0.977. The summed E-state index contributed by atoms with van der Waals surface area (Å²) in [5.41, 5.74) is -0.781. The smallest absolute Gasteiger partial charge is 0.256 e. The summed E-state index contributed by atoms with van der Waals surface area (Å²) in [6, 6.07) is 3.27. The van der Waals surface area contributed by atoms with Crippen LogP contribution in [0.1, 0.15) is 30.6 Å². The highest BCUT2D eigenvalue weighted by Crippen LogP contribution is 2.19. The number of amides is 1. The summed E-state index contributed by atoms with van der Waals surface area (Å²) >= 11 is 5.91. The summed E-state index contributed by atoms with van der Waals surface area (Å²) < 4.78 is 28.6. The Kier molecular flexibility index (Phi) is 5.18. The number of nitrogens with zero attached hydrogens (tertiary/aromatic N) is 3. The highest BCUT2D eigenvalue weighted by atomic mass is 35.5. The van der Waals surface area contributed by atoms with Crippen molar-refractivity contribution >= 4 is 28.5 Å². The van der Waals surface area contributed by atoms with Gasteiger partial charge in [0.2, 0.25) is 5.43 Å². The molecule has 0 unspecified atom stereocenters. The lowest BCUT2D eigenvalue weighted by molar-refractivity contribution is 0.0938. The second-order valence-corrected chi connectivity index (χ2v) is 6.38. The molecule has 0 fully saturated rings. The number of carbonyl (C=O) groups excluding carboxylic acids is 1. The zero-order chi connectivity index (χ0) is 19.7. The molecule has 0 aromatic carbocycles. The molecule has 0 aliphatic rings. The van der Waals surface area contributed by atoms with Crippen LogP contribution in [0.25, 0.3) is 16.9 Å². The maximum Gasteiger partial charge on any atom is 0.256 e. The van der Waals surface area contributed by atoms with Crippen LogP contribution < -0.4 is 10.7 Å². The number of pyridine rings is 3. The summed E-state index contributed by atoms with van der Waals surface area (Å²) in [5.74, 6) is -2.76. The third-order valence-electron chi connectivity index (χ3n) is 4.07. The molecule has 6 nitrogen and oxygen atoms in total. The van der Waals surface area contributed by atoms with Gasteiger partial charge in [-0.05, 0) is 25.5 Å². The second-order valence-electron chi connectivity index (χ2n) is 5.99. The summed E-state index contributed by atoms with van der Waals surface area (Å²) in [4.78, 5) is 33.0. The first-order chi connectivity index (χ1) is 12.8. The van der Waals surface area contributed by atoms with Crippen LogP contribution in [-0.2, 0) is 0 Å². The molecule has 3 aromatic heterocycles. The van der Waals surface area contributed by atoms with Crippen molar-refractivity contribution in [2.24, 2.45) is 0 Å². The fraction of sp³-hybridized carbons (Fsp3) is 0.222. The van der Waals surface area contributed by atoms with Gasteiger partial charge in [-0.3, -0.25) is 14.2 Å². The first-order valence-electron chi connectivity index (χ1n) is 8.16. The molecule has 0 aliphatic heterocycles. The standard InChI is InChI=1S/C18H15ClF2N4O2/c1-3-9(2)23-18(27)12-8-25(17-13(21)6-10(20)7-22-17)16-11(15(12)26)4-5-14(19)24-16/h4-9H,3H2,1-2H3,(H,23,27)/t9-/m1/s1. The van der Waals surface area contributed by atoms with Crippen molar-refractivity contribution in [2.75, 3.05) is 0 Å². The van der Waals surface area contributed by atoms with Crippen LogP contribution in [-0.4, -0.2) is 26.5 Å². The Morgan fingerprint density at radius 1 is 1.37 bits per heavy atom. The molecule has 1 N–H and O–H groups in total. The van der Waals surface area contributed by atoms with Crippen molar-refractivity contribution in [3.63, 3.8) is 0 Å². The van der Waals surface area contributed by atoms with E-state index in [0.717, 1.165) is 17.0 Å². The van der Waals surface area contributed by atoms with Crippen molar-refractivity contribution in [3.05, 3.63) is 63.2 Å². The molecule has 3 rings (SSSR count). The molecule has 3 aromatic rings. The molecular formula is C18H15ClF2N4O2.